The van der Waals surface area contributed by atoms with Gasteiger partial charge in [-0.15, -0.1) is 0 Å². The summed E-state index contributed by atoms with van der Waals surface area (Å²) in [4.78, 5) is 22.9. The first kappa shape index (κ1) is 11.6. The van der Waals surface area contributed by atoms with Crippen molar-refractivity contribution >= 4 is 17.6 Å². The molecule has 0 radical (unpaired) electrons. The number of rotatable bonds is 3. The average molecular weight is 233 g/mol. The van der Waals surface area contributed by atoms with Crippen LogP contribution in [0.5, 0.6) is 0 Å². The minimum absolute atomic E-state index is 0.214. The minimum Gasteiger partial charge on any atom is -0.481 e. The van der Waals surface area contributed by atoms with E-state index >= 15 is 0 Å². The molecular formula is C13H15NO3. The highest BCUT2D eigenvalue weighted by molar-refractivity contribution is 5.99. The zero-order valence-corrected chi connectivity index (χ0v) is 9.81. The van der Waals surface area contributed by atoms with Gasteiger partial charge in [0.15, 0.2) is 0 Å². The van der Waals surface area contributed by atoms with Crippen molar-refractivity contribution < 1.29 is 14.7 Å². The van der Waals surface area contributed by atoms with Crippen LogP contribution in [0.1, 0.15) is 13.8 Å². The van der Waals surface area contributed by atoms with Crippen LogP contribution < -0.4 is 5.32 Å². The Morgan fingerprint density at radius 2 is 1.76 bits per heavy atom. The van der Waals surface area contributed by atoms with Gasteiger partial charge in [-0.25, -0.2) is 0 Å². The molecule has 0 aromatic heterocycles. The predicted octanol–water partition coefficient (Wildman–Crippen LogP) is 1.98. The third-order valence-electron chi connectivity index (χ3n) is 3.42. The van der Waals surface area contributed by atoms with E-state index in [9.17, 15) is 9.59 Å². The number of aliphatic carboxylic acids is 1. The SMILES string of the molecule is CC1(C)[C@H](C(=O)O)[C@@H]1C(=O)Nc1ccccc1. The fourth-order valence-electron chi connectivity index (χ4n) is 2.33. The normalized spacial score (nSPS) is 25.1. The monoisotopic (exact) mass is 233 g/mol. The topological polar surface area (TPSA) is 66.4 Å². The van der Waals surface area contributed by atoms with Gasteiger partial charge in [-0.2, -0.15) is 0 Å². The second kappa shape index (κ2) is 3.87. The van der Waals surface area contributed by atoms with Gasteiger partial charge in [-0.3, -0.25) is 9.59 Å². The summed E-state index contributed by atoms with van der Waals surface area (Å²) in [6.07, 6.45) is 0. The summed E-state index contributed by atoms with van der Waals surface area (Å²) in [7, 11) is 0. The van der Waals surface area contributed by atoms with Gasteiger partial charge in [0.1, 0.15) is 0 Å². The van der Waals surface area contributed by atoms with Crippen LogP contribution in [0.2, 0.25) is 0 Å². The second-order valence-corrected chi connectivity index (χ2v) is 4.97. The van der Waals surface area contributed by atoms with Crippen LogP contribution in [-0.4, -0.2) is 17.0 Å². The van der Waals surface area contributed by atoms with E-state index in [1.54, 1.807) is 26.0 Å². The van der Waals surface area contributed by atoms with Crippen LogP contribution in [0.15, 0.2) is 30.3 Å². The zero-order chi connectivity index (χ0) is 12.6. The van der Waals surface area contributed by atoms with E-state index in [0.29, 0.717) is 5.69 Å². The van der Waals surface area contributed by atoms with Gasteiger partial charge in [-0.05, 0) is 17.5 Å². The van der Waals surface area contributed by atoms with Gasteiger partial charge in [0.2, 0.25) is 5.91 Å². The Labute approximate surface area is 99.6 Å². The molecule has 0 saturated heterocycles. The number of benzene rings is 1. The van der Waals surface area contributed by atoms with Crippen LogP contribution in [0.3, 0.4) is 0 Å². The summed E-state index contributed by atoms with van der Waals surface area (Å²) in [5, 5.41) is 11.7. The first-order valence-corrected chi connectivity index (χ1v) is 5.53. The van der Waals surface area contributed by atoms with Crippen molar-refractivity contribution in [2.45, 2.75) is 13.8 Å². The van der Waals surface area contributed by atoms with Gasteiger partial charge < -0.3 is 10.4 Å². The summed E-state index contributed by atoms with van der Waals surface area (Å²) >= 11 is 0. The lowest BCUT2D eigenvalue weighted by Gasteiger charge is -2.05. The molecule has 0 heterocycles. The lowest BCUT2D eigenvalue weighted by molar-refractivity contribution is -0.140. The third-order valence-corrected chi connectivity index (χ3v) is 3.42. The first-order valence-electron chi connectivity index (χ1n) is 5.53. The number of hydrogen-bond acceptors (Lipinski definition) is 2. The van der Waals surface area contributed by atoms with Gasteiger partial charge in [0.05, 0.1) is 11.8 Å². The van der Waals surface area contributed by atoms with E-state index in [0.717, 1.165) is 0 Å². The lowest BCUT2D eigenvalue weighted by atomic mass is 10.1. The van der Waals surface area contributed by atoms with E-state index in [1.807, 2.05) is 18.2 Å². The van der Waals surface area contributed by atoms with Crippen molar-refractivity contribution in [1.29, 1.82) is 0 Å². The third kappa shape index (κ3) is 2.02. The number of carbonyl (C=O) groups excluding carboxylic acids is 1. The largest absolute Gasteiger partial charge is 0.481 e. The molecule has 1 aliphatic carbocycles. The van der Waals surface area contributed by atoms with Gasteiger partial charge in [0.25, 0.3) is 0 Å². The lowest BCUT2D eigenvalue weighted by Crippen LogP contribution is -2.17. The number of hydrogen-bond donors (Lipinski definition) is 2. The fraction of sp³-hybridized carbons (Fsp3) is 0.385. The van der Waals surface area contributed by atoms with E-state index in [2.05, 4.69) is 5.32 Å². The second-order valence-electron chi connectivity index (χ2n) is 4.97. The quantitative estimate of drug-likeness (QED) is 0.838. The highest BCUT2D eigenvalue weighted by atomic mass is 16.4. The number of nitrogens with one attached hydrogen (secondary N) is 1. The highest BCUT2D eigenvalue weighted by Gasteiger charge is 2.65. The maximum atomic E-state index is 11.9. The number of carboxylic acids is 1. The van der Waals surface area contributed by atoms with Crippen LogP contribution >= 0.6 is 0 Å². The van der Waals surface area contributed by atoms with Gasteiger partial charge in [-0.1, -0.05) is 32.0 Å². The minimum atomic E-state index is -0.900. The van der Waals surface area contributed by atoms with Crippen molar-refractivity contribution in [3.05, 3.63) is 30.3 Å². The number of carboxylic acid groups (broad SMARTS) is 1. The van der Waals surface area contributed by atoms with E-state index in [4.69, 9.17) is 5.11 Å². The summed E-state index contributed by atoms with van der Waals surface area (Å²) in [5.41, 5.74) is 0.245. The Morgan fingerprint density at radius 3 is 2.24 bits per heavy atom. The van der Waals surface area contributed by atoms with Crippen LogP contribution in [0, 0.1) is 17.3 Å². The molecule has 2 atom stereocenters. The number of amides is 1. The molecule has 1 saturated carbocycles. The Kier molecular flexibility index (Phi) is 2.65. The molecule has 0 aliphatic heterocycles. The standard InChI is InChI=1S/C13H15NO3/c1-13(2)9(10(13)12(16)17)11(15)14-8-6-4-3-5-7-8/h3-7,9-10H,1-2H3,(H,14,15)(H,16,17)/t9-,10+/m1/s1. The molecule has 2 rings (SSSR count). The first-order chi connectivity index (χ1) is 7.94. The number of para-hydroxylation sites is 1. The molecular weight excluding hydrogens is 218 g/mol. The molecule has 1 aromatic rings. The number of carbonyl (C=O) groups is 2. The summed E-state index contributed by atoms with van der Waals surface area (Å²) in [6.45, 7) is 3.61. The van der Waals surface area contributed by atoms with E-state index < -0.39 is 23.2 Å². The van der Waals surface area contributed by atoms with E-state index in [-0.39, 0.29) is 5.91 Å². The van der Waals surface area contributed by atoms with Crippen LogP contribution in [0.4, 0.5) is 5.69 Å². The molecule has 0 spiro atoms. The van der Waals surface area contributed by atoms with Gasteiger partial charge >= 0.3 is 5.97 Å². The molecule has 4 heteroatoms. The molecule has 0 unspecified atom stereocenters. The van der Waals surface area contributed by atoms with Crippen molar-refractivity contribution in [3.63, 3.8) is 0 Å². The maximum Gasteiger partial charge on any atom is 0.307 e. The smallest absolute Gasteiger partial charge is 0.307 e. The Hall–Kier alpha value is -1.84. The molecule has 1 fully saturated rings. The maximum absolute atomic E-state index is 11.9. The molecule has 17 heavy (non-hydrogen) atoms. The van der Waals surface area contributed by atoms with Crippen LogP contribution in [0.25, 0.3) is 0 Å². The Balaban J connectivity index is 2.06. The summed E-state index contributed by atoms with van der Waals surface area (Å²) in [5.74, 6) is -2.14. The Bertz CT molecular complexity index is 453. The number of anilines is 1. The molecule has 4 nitrogen and oxygen atoms in total. The molecule has 1 aromatic carbocycles. The average Bonchev–Trinajstić information content (AvgIpc) is 2.83. The fourth-order valence-corrected chi connectivity index (χ4v) is 2.33. The molecule has 0 bridgehead atoms. The summed E-state index contributed by atoms with van der Waals surface area (Å²) in [6, 6.07) is 9.06. The van der Waals surface area contributed by atoms with Crippen molar-refractivity contribution in [1.82, 2.24) is 0 Å². The zero-order valence-electron chi connectivity index (χ0n) is 9.81. The molecule has 2 N–H and O–H groups in total. The molecule has 1 amide bonds. The Morgan fingerprint density at radius 1 is 1.18 bits per heavy atom. The van der Waals surface area contributed by atoms with E-state index in [1.165, 1.54) is 0 Å². The molecule has 90 valence electrons. The van der Waals surface area contributed by atoms with Crippen molar-refractivity contribution in [3.8, 4) is 0 Å². The van der Waals surface area contributed by atoms with Crippen molar-refractivity contribution in [2.24, 2.45) is 17.3 Å². The van der Waals surface area contributed by atoms with Crippen LogP contribution in [-0.2, 0) is 9.59 Å². The predicted molar refractivity (Wildman–Crippen MR) is 63.5 cm³/mol. The highest BCUT2D eigenvalue weighted by Crippen LogP contribution is 2.58. The molecule has 1 aliphatic rings. The van der Waals surface area contributed by atoms with Crippen molar-refractivity contribution in [2.75, 3.05) is 5.32 Å². The van der Waals surface area contributed by atoms with Gasteiger partial charge in [0, 0.05) is 5.69 Å². The summed E-state index contributed by atoms with van der Waals surface area (Å²) < 4.78 is 0.